The molecule has 0 saturated carbocycles. The van der Waals surface area contributed by atoms with Gasteiger partial charge in [0.15, 0.2) is 6.29 Å². The van der Waals surface area contributed by atoms with Gasteiger partial charge in [-0.15, -0.1) is 11.8 Å². The van der Waals surface area contributed by atoms with Crippen molar-refractivity contribution in [2.75, 3.05) is 12.9 Å². The van der Waals surface area contributed by atoms with Crippen molar-refractivity contribution in [2.24, 2.45) is 0 Å². The van der Waals surface area contributed by atoms with Crippen molar-refractivity contribution in [2.45, 2.75) is 18.7 Å². The van der Waals surface area contributed by atoms with Crippen molar-refractivity contribution >= 4 is 24.0 Å². The number of benzene rings is 1. The Morgan fingerprint density at radius 2 is 2.19 bits per heavy atom. The third-order valence-corrected chi connectivity index (χ3v) is 2.95. The zero-order valence-corrected chi connectivity index (χ0v) is 10.4. The number of carbonyl (C=O) groups excluding carboxylic acids is 2. The largest absolute Gasteiger partial charge is 0.462 e. The van der Waals surface area contributed by atoms with Gasteiger partial charge in [-0.3, -0.25) is 4.79 Å². The van der Waals surface area contributed by atoms with E-state index in [2.05, 4.69) is 0 Å². The molecule has 1 rings (SSSR count). The molecule has 16 heavy (non-hydrogen) atoms. The Bertz CT molecular complexity index is 413. The van der Waals surface area contributed by atoms with E-state index in [1.165, 1.54) is 11.8 Å². The molecule has 0 radical (unpaired) electrons. The van der Waals surface area contributed by atoms with Crippen molar-refractivity contribution < 1.29 is 14.3 Å². The second kappa shape index (κ2) is 5.70. The van der Waals surface area contributed by atoms with Crippen molar-refractivity contribution in [1.29, 1.82) is 0 Å². The predicted octanol–water partition coefficient (Wildman–Crippen LogP) is 2.71. The van der Waals surface area contributed by atoms with Gasteiger partial charge in [-0.1, -0.05) is 0 Å². The van der Waals surface area contributed by atoms with Gasteiger partial charge in [-0.05, 0) is 37.8 Å². The molecule has 0 amide bonds. The van der Waals surface area contributed by atoms with Gasteiger partial charge in [0.2, 0.25) is 0 Å². The topological polar surface area (TPSA) is 43.4 Å². The van der Waals surface area contributed by atoms with Crippen LogP contribution in [-0.2, 0) is 4.74 Å². The minimum Gasteiger partial charge on any atom is -0.462 e. The summed E-state index contributed by atoms with van der Waals surface area (Å²) in [7, 11) is 0. The van der Waals surface area contributed by atoms with E-state index < -0.39 is 0 Å². The maximum absolute atomic E-state index is 11.7. The van der Waals surface area contributed by atoms with E-state index >= 15 is 0 Å². The Kier molecular flexibility index (Phi) is 4.55. The quantitative estimate of drug-likeness (QED) is 0.459. The molecule has 86 valence electrons. The molecular weight excluding hydrogens is 224 g/mol. The standard InChI is InChI=1S/C12H14O3S/c1-4-15-12(14)10-6-8(2)5-9(7-13)11(10)16-3/h5-7H,4H2,1-3H3. The number of ether oxygens (including phenoxy) is 1. The van der Waals surface area contributed by atoms with Crippen LogP contribution in [0.5, 0.6) is 0 Å². The molecule has 0 atom stereocenters. The molecular formula is C12H14O3S. The summed E-state index contributed by atoms with van der Waals surface area (Å²) in [4.78, 5) is 23.3. The second-order valence-electron chi connectivity index (χ2n) is 3.27. The Labute approximate surface area is 99.2 Å². The highest BCUT2D eigenvalue weighted by Gasteiger charge is 2.16. The monoisotopic (exact) mass is 238 g/mol. The fraction of sp³-hybridized carbons (Fsp3) is 0.333. The Balaban J connectivity index is 3.30. The fourth-order valence-corrected chi connectivity index (χ4v) is 2.18. The lowest BCUT2D eigenvalue weighted by Gasteiger charge is -2.10. The third kappa shape index (κ3) is 2.64. The summed E-state index contributed by atoms with van der Waals surface area (Å²) in [6.45, 7) is 3.93. The first-order chi connectivity index (χ1) is 7.63. The molecule has 0 bridgehead atoms. The molecule has 0 N–H and O–H groups in total. The van der Waals surface area contributed by atoms with Crippen LogP contribution in [-0.4, -0.2) is 25.1 Å². The van der Waals surface area contributed by atoms with Crippen LogP contribution in [0.25, 0.3) is 0 Å². The summed E-state index contributed by atoms with van der Waals surface area (Å²) >= 11 is 1.38. The number of hydrogen-bond acceptors (Lipinski definition) is 4. The van der Waals surface area contributed by atoms with Crippen LogP contribution in [0.15, 0.2) is 17.0 Å². The van der Waals surface area contributed by atoms with E-state index in [1.807, 2.05) is 13.2 Å². The van der Waals surface area contributed by atoms with Crippen molar-refractivity contribution in [3.63, 3.8) is 0 Å². The Morgan fingerprint density at radius 1 is 1.50 bits per heavy atom. The van der Waals surface area contributed by atoms with Crippen LogP contribution in [0.3, 0.4) is 0 Å². The van der Waals surface area contributed by atoms with Crippen molar-refractivity contribution in [3.05, 3.63) is 28.8 Å². The Hall–Kier alpha value is -1.29. The smallest absolute Gasteiger partial charge is 0.339 e. The summed E-state index contributed by atoms with van der Waals surface area (Å²) in [5, 5.41) is 0. The molecule has 1 aromatic rings. The molecule has 0 aliphatic rings. The number of esters is 1. The summed E-state index contributed by atoms with van der Waals surface area (Å²) in [6, 6.07) is 3.51. The lowest BCUT2D eigenvalue weighted by molar-refractivity contribution is 0.0522. The summed E-state index contributed by atoms with van der Waals surface area (Å²) < 4.78 is 4.96. The first-order valence-electron chi connectivity index (χ1n) is 4.95. The third-order valence-electron chi connectivity index (χ3n) is 2.09. The lowest BCUT2D eigenvalue weighted by Crippen LogP contribution is -2.08. The van der Waals surface area contributed by atoms with Gasteiger partial charge in [0.1, 0.15) is 0 Å². The first kappa shape index (κ1) is 12.8. The number of aldehydes is 1. The van der Waals surface area contributed by atoms with Gasteiger partial charge in [-0.25, -0.2) is 4.79 Å². The van der Waals surface area contributed by atoms with Crippen molar-refractivity contribution in [1.82, 2.24) is 0 Å². The SMILES string of the molecule is CCOC(=O)c1cc(C)cc(C=O)c1SC. The number of hydrogen-bond donors (Lipinski definition) is 0. The predicted molar refractivity (Wildman–Crippen MR) is 64.3 cm³/mol. The average molecular weight is 238 g/mol. The molecule has 0 unspecified atom stereocenters. The van der Waals surface area contributed by atoms with Crippen LogP contribution in [0.4, 0.5) is 0 Å². The van der Waals surface area contributed by atoms with E-state index in [1.54, 1.807) is 19.1 Å². The van der Waals surface area contributed by atoms with E-state index in [4.69, 9.17) is 4.74 Å². The second-order valence-corrected chi connectivity index (χ2v) is 4.09. The normalized spacial score (nSPS) is 9.94. The summed E-state index contributed by atoms with van der Waals surface area (Å²) in [6.07, 6.45) is 2.60. The number of thioether (sulfide) groups is 1. The zero-order chi connectivity index (χ0) is 12.1. The van der Waals surface area contributed by atoms with Crippen LogP contribution in [0.2, 0.25) is 0 Å². The van der Waals surface area contributed by atoms with E-state index in [9.17, 15) is 9.59 Å². The van der Waals surface area contributed by atoms with E-state index in [0.29, 0.717) is 22.6 Å². The van der Waals surface area contributed by atoms with Crippen LogP contribution >= 0.6 is 11.8 Å². The van der Waals surface area contributed by atoms with Crippen molar-refractivity contribution in [3.8, 4) is 0 Å². The molecule has 3 nitrogen and oxygen atoms in total. The summed E-state index contributed by atoms with van der Waals surface area (Å²) in [5.74, 6) is -0.376. The number of carbonyl (C=O) groups is 2. The zero-order valence-electron chi connectivity index (χ0n) is 9.57. The van der Waals surface area contributed by atoms with Gasteiger partial charge >= 0.3 is 5.97 Å². The molecule has 0 aliphatic heterocycles. The molecule has 0 fully saturated rings. The van der Waals surface area contributed by atoms with E-state index in [-0.39, 0.29) is 5.97 Å². The molecule has 4 heteroatoms. The summed E-state index contributed by atoms with van der Waals surface area (Å²) in [5.41, 5.74) is 1.88. The molecule has 0 heterocycles. The van der Waals surface area contributed by atoms with Gasteiger partial charge in [0, 0.05) is 10.5 Å². The van der Waals surface area contributed by atoms with Gasteiger partial charge in [-0.2, -0.15) is 0 Å². The van der Waals surface area contributed by atoms with Crippen LogP contribution in [0, 0.1) is 6.92 Å². The van der Waals surface area contributed by atoms with Crippen LogP contribution < -0.4 is 0 Å². The maximum atomic E-state index is 11.7. The molecule has 1 aromatic carbocycles. The minimum absolute atomic E-state index is 0.330. The number of aryl methyl sites for hydroxylation is 1. The van der Waals surface area contributed by atoms with Gasteiger partial charge in [0.05, 0.1) is 12.2 Å². The Morgan fingerprint density at radius 3 is 2.69 bits per heavy atom. The highest BCUT2D eigenvalue weighted by Crippen LogP contribution is 2.26. The molecule has 0 aromatic heterocycles. The number of rotatable bonds is 4. The average Bonchev–Trinajstić information content (AvgIpc) is 2.28. The first-order valence-corrected chi connectivity index (χ1v) is 6.17. The fourth-order valence-electron chi connectivity index (χ4n) is 1.48. The van der Waals surface area contributed by atoms with Gasteiger partial charge < -0.3 is 4.74 Å². The van der Waals surface area contributed by atoms with Crippen LogP contribution in [0.1, 0.15) is 33.2 Å². The highest BCUT2D eigenvalue weighted by molar-refractivity contribution is 7.98. The van der Waals surface area contributed by atoms with Gasteiger partial charge in [0.25, 0.3) is 0 Å². The van der Waals surface area contributed by atoms with E-state index in [0.717, 1.165) is 11.8 Å². The molecule has 0 spiro atoms. The maximum Gasteiger partial charge on any atom is 0.339 e. The lowest BCUT2D eigenvalue weighted by atomic mass is 10.1. The highest BCUT2D eigenvalue weighted by atomic mass is 32.2. The molecule has 0 saturated heterocycles. The molecule has 0 aliphatic carbocycles. The minimum atomic E-state index is -0.376.